The number of aromatic nitrogens is 5. The minimum atomic E-state index is -4.50. The van der Waals surface area contributed by atoms with Crippen molar-refractivity contribution in [2.75, 3.05) is 12.1 Å². The Kier molecular flexibility index (Phi) is 9.60. The number of hydrogen-bond acceptors (Lipinski definition) is 8. The Morgan fingerprint density at radius 3 is 2.28 bits per heavy atom. The van der Waals surface area contributed by atoms with Crippen molar-refractivity contribution in [3.8, 4) is 23.0 Å². The summed E-state index contributed by atoms with van der Waals surface area (Å²) in [7, 11) is 3.14. The molecule has 0 aliphatic heterocycles. The van der Waals surface area contributed by atoms with Crippen LogP contribution in [0.25, 0.3) is 23.0 Å². The average molecular weight is 451 g/mol. The van der Waals surface area contributed by atoms with Crippen LogP contribution in [0.1, 0.15) is 36.2 Å². The molecule has 0 bridgehead atoms. The molecule has 32 heavy (non-hydrogen) atoms. The number of carbonyl (C=O) groups is 2. The van der Waals surface area contributed by atoms with Crippen LogP contribution in [0, 0.1) is 0 Å². The van der Waals surface area contributed by atoms with E-state index >= 15 is 0 Å². The zero-order valence-corrected chi connectivity index (χ0v) is 18.1. The zero-order chi connectivity index (χ0) is 24.5. The normalized spacial score (nSPS) is 10.4. The van der Waals surface area contributed by atoms with Crippen molar-refractivity contribution in [1.82, 2.24) is 24.7 Å². The number of pyridine rings is 2. The topological polar surface area (TPSA) is 120 Å². The van der Waals surface area contributed by atoms with Gasteiger partial charge in [-0.1, -0.05) is 20.3 Å². The lowest BCUT2D eigenvalue weighted by Crippen LogP contribution is -2.25. The van der Waals surface area contributed by atoms with Crippen molar-refractivity contribution in [3.05, 3.63) is 41.7 Å². The molecule has 12 heteroatoms. The number of rotatable bonds is 4. The molecule has 0 aromatic carbocycles. The largest absolute Gasteiger partial charge is 0.416 e. The van der Waals surface area contributed by atoms with Gasteiger partial charge in [0.2, 0.25) is 0 Å². The lowest BCUT2D eigenvalue weighted by molar-refractivity contribution is -0.137. The van der Waals surface area contributed by atoms with Gasteiger partial charge in [0.25, 0.3) is 0 Å². The van der Waals surface area contributed by atoms with Crippen molar-refractivity contribution in [1.29, 1.82) is 0 Å². The predicted octanol–water partition coefficient (Wildman–Crippen LogP) is 3.31. The molecule has 3 heterocycles. The van der Waals surface area contributed by atoms with Crippen molar-refractivity contribution < 1.29 is 22.8 Å². The minimum absolute atomic E-state index is 0.00274. The molecule has 0 radical (unpaired) electrons. The first-order chi connectivity index (χ1) is 15.1. The van der Waals surface area contributed by atoms with E-state index in [1.165, 1.54) is 28.3 Å². The van der Waals surface area contributed by atoms with Gasteiger partial charge in [0.05, 0.1) is 17.4 Å². The Labute approximate surface area is 183 Å². The lowest BCUT2D eigenvalue weighted by atomic mass is 10.2. The second-order valence-corrected chi connectivity index (χ2v) is 6.40. The van der Waals surface area contributed by atoms with Gasteiger partial charge in [0.1, 0.15) is 18.2 Å². The standard InChI is InChI=1S/C16H14F3N7O.C3H8.CH2O/c1-25-14(12-6-10(3-4-21-12)16(17,18)19)23-24-15(25)13-9(8-27)5-11(7-22-13)26(2)20;1-3-2;1-2/h3-8H,20H2,1-2H3;3H2,1-2H3;1H2. The number of halogens is 3. The fourth-order valence-corrected chi connectivity index (χ4v) is 2.43. The molecule has 2 N–H and O–H groups in total. The highest BCUT2D eigenvalue weighted by Crippen LogP contribution is 2.31. The maximum atomic E-state index is 12.9. The van der Waals surface area contributed by atoms with E-state index in [9.17, 15) is 18.0 Å². The molecule has 3 rings (SSSR count). The molecule has 0 saturated heterocycles. The Morgan fingerprint density at radius 1 is 1.16 bits per heavy atom. The number of carbonyl (C=O) groups excluding carboxylic acids is 2. The van der Waals surface area contributed by atoms with Gasteiger partial charge in [0.15, 0.2) is 17.9 Å². The molecule has 0 saturated carbocycles. The predicted molar refractivity (Wildman–Crippen MR) is 114 cm³/mol. The minimum Gasteiger partial charge on any atom is -0.313 e. The van der Waals surface area contributed by atoms with Crippen LogP contribution in [0.2, 0.25) is 0 Å². The summed E-state index contributed by atoms with van der Waals surface area (Å²) < 4.78 is 40.2. The zero-order valence-electron chi connectivity index (χ0n) is 18.1. The number of alkyl halides is 3. The van der Waals surface area contributed by atoms with Gasteiger partial charge in [-0.3, -0.25) is 9.78 Å². The number of nitrogens with zero attached hydrogens (tertiary/aromatic N) is 6. The number of hydrazine groups is 1. The smallest absolute Gasteiger partial charge is 0.313 e. The summed E-state index contributed by atoms with van der Waals surface area (Å²) in [5.41, 5.74) is 0.0894. The van der Waals surface area contributed by atoms with E-state index in [1.807, 2.05) is 6.79 Å². The van der Waals surface area contributed by atoms with Crippen molar-refractivity contribution in [2.24, 2.45) is 12.9 Å². The number of aldehydes is 1. The first kappa shape index (κ1) is 26.4. The van der Waals surface area contributed by atoms with Gasteiger partial charge in [-0.2, -0.15) is 13.2 Å². The maximum absolute atomic E-state index is 12.9. The van der Waals surface area contributed by atoms with Crippen molar-refractivity contribution in [2.45, 2.75) is 26.4 Å². The Balaban J connectivity index is 0.000000944. The average Bonchev–Trinajstić information content (AvgIpc) is 3.15. The van der Waals surface area contributed by atoms with E-state index in [1.54, 1.807) is 14.1 Å². The molecule has 0 amide bonds. The second-order valence-electron chi connectivity index (χ2n) is 6.40. The van der Waals surface area contributed by atoms with Crippen LogP contribution in [-0.4, -0.2) is 44.9 Å². The summed E-state index contributed by atoms with van der Waals surface area (Å²) in [5.74, 6) is 5.94. The van der Waals surface area contributed by atoms with Crippen LogP contribution >= 0.6 is 0 Å². The molecule has 0 spiro atoms. The molecule has 0 atom stereocenters. The summed E-state index contributed by atoms with van der Waals surface area (Å²) in [6.45, 7) is 6.25. The summed E-state index contributed by atoms with van der Waals surface area (Å²) in [6.07, 6.45) is -0.172. The molecule has 0 aliphatic carbocycles. The van der Waals surface area contributed by atoms with Gasteiger partial charge in [-0.05, 0) is 18.2 Å². The SMILES string of the molecule is C=O.CCC.CN(N)c1cnc(-c2nnc(-c3cc(C(F)(F)F)ccn3)n2C)c(C=O)c1. The Morgan fingerprint density at radius 2 is 1.75 bits per heavy atom. The third-order valence-corrected chi connectivity index (χ3v) is 3.84. The first-order valence-corrected chi connectivity index (χ1v) is 9.29. The summed E-state index contributed by atoms with van der Waals surface area (Å²) >= 11 is 0. The van der Waals surface area contributed by atoms with Crippen molar-refractivity contribution >= 4 is 18.8 Å². The molecule has 9 nitrogen and oxygen atoms in total. The molecule has 3 aromatic rings. The maximum Gasteiger partial charge on any atom is 0.416 e. The van der Waals surface area contributed by atoms with Crippen LogP contribution in [0.3, 0.4) is 0 Å². The van der Waals surface area contributed by atoms with Crippen LogP contribution in [0.15, 0.2) is 30.6 Å². The number of hydrogen-bond donors (Lipinski definition) is 1. The molecule has 3 aromatic heterocycles. The number of nitrogens with two attached hydrogens (primary N) is 1. The van der Waals surface area contributed by atoms with Crippen LogP contribution in [0.5, 0.6) is 0 Å². The Hall–Kier alpha value is -3.67. The fraction of sp³-hybridized carbons (Fsp3) is 0.300. The molecule has 0 unspecified atom stereocenters. The van der Waals surface area contributed by atoms with Crippen molar-refractivity contribution in [3.63, 3.8) is 0 Å². The van der Waals surface area contributed by atoms with E-state index in [-0.39, 0.29) is 28.6 Å². The van der Waals surface area contributed by atoms with E-state index in [0.717, 1.165) is 18.3 Å². The van der Waals surface area contributed by atoms with Crippen LogP contribution < -0.4 is 10.9 Å². The number of anilines is 1. The molecule has 172 valence electrons. The third kappa shape index (κ3) is 6.17. The highest BCUT2D eigenvalue weighted by atomic mass is 19.4. The molecule has 0 fully saturated rings. The van der Waals surface area contributed by atoms with Crippen LogP contribution in [-0.2, 0) is 18.0 Å². The van der Waals surface area contributed by atoms with E-state index < -0.39 is 11.7 Å². The van der Waals surface area contributed by atoms with E-state index in [4.69, 9.17) is 10.6 Å². The first-order valence-electron chi connectivity index (χ1n) is 9.29. The van der Waals surface area contributed by atoms with Gasteiger partial charge < -0.3 is 14.4 Å². The molecular formula is C20H24F3N7O2. The van der Waals surface area contributed by atoms with Gasteiger partial charge in [0, 0.05) is 25.9 Å². The monoisotopic (exact) mass is 451 g/mol. The molecular weight excluding hydrogens is 427 g/mol. The summed E-state index contributed by atoms with van der Waals surface area (Å²) in [6, 6.07) is 3.27. The third-order valence-electron chi connectivity index (χ3n) is 3.84. The summed E-state index contributed by atoms with van der Waals surface area (Å²) in [4.78, 5) is 27.5. The van der Waals surface area contributed by atoms with Gasteiger partial charge in [-0.15, -0.1) is 10.2 Å². The highest BCUT2D eigenvalue weighted by molar-refractivity contribution is 5.85. The lowest BCUT2D eigenvalue weighted by Gasteiger charge is -2.13. The van der Waals surface area contributed by atoms with E-state index in [2.05, 4.69) is 34.0 Å². The van der Waals surface area contributed by atoms with Gasteiger partial charge >= 0.3 is 6.18 Å². The quantitative estimate of drug-likeness (QED) is 0.364. The Bertz CT molecular complexity index is 1040. The second kappa shape index (κ2) is 11.6. The highest BCUT2D eigenvalue weighted by Gasteiger charge is 2.31. The van der Waals surface area contributed by atoms with Gasteiger partial charge in [-0.25, -0.2) is 10.8 Å². The fourth-order valence-electron chi connectivity index (χ4n) is 2.43. The summed E-state index contributed by atoms with van der Waals surface area (Å²) in [5, 5.41) is 9.16. The van der Waals surface area contributed by atoms with E-state index in [0.29, 0.717) is 12.0 Å². The van der Waals surface area contributed by atoms with Crippen LogP contribution in [0.4, 0.5) is 18.9 Å². The molecule has 0 aliphatic rings.